The van der Waals surface area contributed by atoms with Crippen LogP contribution in [0.5, 0.6) is 0 Å². The van der Waals surface area contributed by atoms with Crippen LogP contribution in [0.15, 0.2) is 36.4 Å². The second-order valence-electron chi connectivity index (χ2n) is 3.46. The Balaban J connectivity index is 2.49. The van der Waals surface area contributed by atoms with Crippen LogP contribution >= 0.6 is 11.6 Å². The van der Waals surface area contributed by atoms with E-state index in [1.807, 2.05) is 37.3 Å². The SMILES string of the molecule is Cc1ccc(-c2cc(Cl)cc(N)n2)cc1. The summed E-state index contributed by atoms with van der Waals surface area (Å²) in [5.74, 6) is 0.443. The van der Waals surface area contributed by atoms with Gasteiger partial charge in [0.05, 0.1) is 5.69 Å². The number of halogens is 1. The average molecular weight is 219 g/mol. The maximum absolute atomic E-state index is 5.91. The van der Waals surface area contributed by atoms with Crippen LogP contribution in [0.2, 0.25) is 5.02 Å². The Morgan fingerprint density at radius 3 is 2.40 bits per heavy atom. The minimum atomic E-state index is 0.443. The van der Waals surface area contributed by atoms with Gasteiger partial charge in [0.25, 0.3) is 0 Å². The zero-order chi connectivity index (χ0) is 10.8. The van der Waals surface area contributed by atoms with Crippen molar-refractivity contribution in [2.45, 2.75) is 6.92 Å². The lowest BCUT2D eigenvalue weighted by Crippen LogP contribution is -1.92. The summed E-state index contributed by atoms with van der Waals surface area (Å²) in [5, 5.41) is 0.609. The van der Waals surface area contributed by atoms with Crippen molar-refractivity contribution in [2.24, 2.45) is 0 Å². The lowest BCUT2D eigenvalue weighted by atomic mass is 10.1. The molecule has 2 rings (SSSR count). The maximum Gasteiger partial charge on any atom is 0.125 e. The molecule has 0 atom stereocenters. The molecule has 0 bridgehead atoms. The highest BCUT2D eigenvalue weighted by Gasteiger charge is 2.01. The molecule has 0 aliphatic carbocycles. The van der Waals surface area contributed by atoms with Gasteiger partial charge in [-0.25, -0.2) is 4.98 Å². The molecule has 2 aromatic rings. The second-order valence-corrected chi connectivity index (χ2v) is 3.90. The Bertz CT molecular complexity index is 457. The first-order valence-corrected chi connectivity index (χ1v) is 5.03. The van der Waals surface area contributed by atoms with E-state index in [-0.39, 0.29) is 0 Å². The van der Waals surface area contributed by atoms with Crippen LogP contribution in [0, 0.1) is 6.92 Å². The van der Waals surface area contributed by atoms with Crippen molar-refractivity contribution in [3.8, 4) is 11.3 Å². The number of rotatable bonds is 1. The van der Waals surface area contributed by atoms with Gasteiger partial charge < -0.3 is 5.73 Å². The summed E-state index contributed by atoms with van der Waals surface area (Å²) in [5.41, 5.74) is 8.68. The van der Waals surface area contributed by atoms with E-state index in [0.717, 1.165) is 11.3 Å². The van der Waals surface area contributed by atoms with Gasteiger partial charge in [0, 0.05) is 10.6 Å². The highest BCUT2D eigenvalue weighted by molar-refractivity contribution is 6.31. The Hall–Kier alpha value is -1.54. The third-order valence-corrected chi connectivity index (χ3v) is 2.38. The van der Waals surface area contributed by atoms with Crippen molar-refractivity contribution in [2.75, 3.05) is 5.73 Å². The number of hydrogen-bond donors (Lipinski definition) is 1. The summed E-state index contributed by atoms with van der Waals surface area (Å²) >= 11 is 5.91. The highest BCUT2D eigenvalue weighted by atomic mass is 35.5. The first-order chi connectivity index (χ1) is 7.15. The van der Waals surface area contributed by atoms with E-state index in [1.165, 1.54) is 5.56 Å². The molecule has 1 heterocycles. The molecule has 0 aliphatic rings. The third kappa shape index (κ3) is 2.28. The molecule has 2 nitrogen and oxygen atoms in total. The van der Waals surface area contributed by atoms with E-state index >= 15 is 0 Å². The number of pyridine rings is 1. The number of aromatic nitrogens is 1. The van der Waals surface area contributed by atoms with E-state index in [0.29, 0.717) is 10.8 Å². The standard InChI is InChI=1S/C12H11ClN2/c1-8-2-4-9(5-3-8)11-6-10(13)7-12(14)15-11/h2-7H,1H3,(H2,14,15). The van der Waals surface area contributed by atoms with E-state index in [1.54, 1.807) is 6.07 Å². The van der Waals surface area contributed by atoms with Crippen LogP contribution < -0.4 is 5.73 Å². The number of nitrogens with two attached hydrogens (primary N) is 1. The molecule has 0 saturated carbocycles. The van der Waals surface area contributed by atoms with Gasteiger partial charge >= 0.3 is 0 Å². The molecule has 2 N–H and O–H groups in total. The Kier molecular flexibility index (Phi) is 2.60. The molecule has 0 fully saturated rings. The molecule has 3 heteroatoms. The van der Waals surface area contributed by atoms with E-state index in [9.17, 15) is 0 Å². The number of benzene rings is 1. The van der Waals surface area contributed by atoms with Crippen LogP contribution in [0.4, 0.5) is 5.82 Å². The van der Waals surface area contributed by atoms with Gasteiger partial charge in [-0.05, 0) is 19.1 Å². The summed E-state index contributed by atoms with van der Waals surface area (Å²) in [6, 6.07) is 11.5. The lowest BCUT2D eigenvalue weighted by Gasteiger charge is -2.03. The average Bonchev–Trinajstić information content (AvgIpc) is 2.17. The summed E-state index contributed by atoms with van der Waals surface area (Å²) < 4.78 is 0. The van der Waals surface area contributed by atoms with E-state index in [2.05, 4.69) is 4.98 Å². The van der Waals surface area contributed by atoms with Crippen LogP contribution in [0.25, 0.3) is 11.3 Å². The number of anilines is 1. The van der Waals surface area contributed by atoms with Crippen LogP contribution in [0.3, 0.4) is 0 Å². The van der Waals surface area contributed by atoms with Gasteiger partial charge in [0.2, 0.25) is 0 Å². The summed E-state index contributed by atoms with van der Waals surface area (Å²) in [6.07, 6.45) is 0. The molecule has 0 unspecified atom stereocenters. The monoisotopic (exact) mass is 218 g/mol. The molecule has 0 saturated heterocycles. The molecule has 1 aromatic carbocycles. The van der Waals surface area contributed by atoms with Gasteiger partial charge in [-0.1, -0.05) is 41.4 Å². The molecule has 1 aromatic heterocycles. The van der Waals surface area contributed by atoms with Crippen molar-refractivity contribution < 1.29 is 0 Å². The highest BCUT2D eigenvalue weighted by Crippen LogP contribution is 2.22. The summed E-state index contributed by atoms with van der Waals surface area (Å²) in [6.45, 7) is 2.05. The Labute approximate surface area is 93.7 Å². The number of nitrogens with zero attached hydrogens (tertiary/aromatic N) is 1. The topological polar surface area (TPSA) is 38.9 Å². The van der Waals surface area contributed by atoms with Crippen molar-refractivity contribution >= 4 is 17.4 Å². The molecule has 0 spiro atoms. The van der Waals surface area contributed by atoms with Gasteiger partial charge in [-0.2, -0.15) is 0 Å². The summed E-state index contributed by atoms with van der Waals surface area (Å²) in [4.78, 5) is 4.23. The fourth-order valence-electron chi connectivity index (χ4n) is 1.39. The normalized spacial score (nSPS) is 10.3. The molecule has 0 aliphatic heterocycles. The number of aryl methyl sites for hydroxylation is 1. The van der Waals surface area contributed by atoms with Crippen LogP contribution in [0.1, 0.15) is 5.56 Å². The fourth-order valence-corrected chi connectivity index (χ4v) is 1.60. The molecule has 15 heavy (non-hydrogen) atoms. The van der Waals surface area contributed by atoms with E-state index in [4.69, 9.17) is 17.3 Å². The first-order valence-electron chi connectivity index (χ1n) is 4.65. The van der Waals surface area contributed by atoms with Crippen LogP contribution in [-0.2, 0) is 0 Å². The van der Waals surface area contributed by atoms with Crippen molar-refractivity contribution in [1.82, 2.24) is 4.98 Å². The maximum atomic E-state index is 5.91. The molecule has 76 valence electrons. The number of hydrogen-bond acceptors (Lipinski definition) is 2. The van der Waals surface area contributed by atoms with Crippen LogP contribution in [-0.4, -0.2) is 4.98 Å². The lowest BCUT2D eigenvalue weighted by molar-refractivity contribution is 1.33. The largest absolute Gasteiger partial charge is 0.384 e. The zero-order valence-electron chi connectivity index (χ0n) is 8.37. The van der Waals surface area contributed by atoms with Crippen molar-refractivity contribution in [3.05, 3.63) is 47.0 Å². The fraction of sp³-hybridized carbons (Fsp3) is 0.0833. The molecular formula is C12H11ClN2. The van der Waals surface area contributed by atoms with Gasteiger partial charge in [0.1, 0.15) is 5.82 Å². The Morgan fingerprint density at radius 2 is 1.80 bits per heavy atom. The second kappa shape index (κ2) is 3.91. The van der Waals surface area contributed by atoms with Gasteiger partial charge in [-0.3, -0.25) is 0 Å². The van der Waals surface area contributed by atoms with Gasteiger partial charge in [0.15, 0.2) is 0 Å². The molecule has 0 radical (unpaired) electrons. The van der Waals surface area contributed by atoms with Gasteiger partial charge in [-0.15, -0.1) is 0 Å². The predicted molar refractivity (Wildman–Crippen MR) is 63.8 cm³/mol. The first kappa shape index (κ1) is 9.99. The zero-order valence-corrected chi connectivity index (χ0v) is 9.12. The smallest absolute Gasteiger partial charge is 0.125 e. The number of nitrogen functional groups attached to an aromatic ring is 1. The quantitative estimate of drug-likeness (QED) is 0.798. The minimum Gasteiger partial charge on any atom is -0.384 e. The third-order valence-electron chi connectivity index (χ3n) is 2.16. The Morgan fingerprint density at radius 1 is 1.13 bits per heavy atom. The predicted octanol–water partition coefficient (Wildman–Crippen LogP) is 3.29. The summed E-state index contributed by atoms with van der Waals surface area (Å²) in [7, 11) is 0. The van der Waals surface area contributed by atoms with Crippen molar-refractivity contribution in [1.29, 1.82) is 0 Å². The minimum absolute atomic E-state index is 0.443. The van der Waals surface area contributed by atoms with Crippen molar-refractivity contribution in [3.63, 3.8) is 0 Å². The molecular weight excluding hydrogens is 208 g/mol. The molecule has 0 amide bonds. The van der Waals surface area contributed by atoms with E-state index < -0.39 is 0 Å².